The molecule has 9 heteroatoms. The van der Waals surface area contributed by atoms with Crippen LogP contribution in [-0.2, 0) is 13.0 Å². The molecule has 4 rings (SSSR count). The van der Waals surface area contributed by atoms with E-state index in [1.165, 1.54) is 15.7 Å². The third-order valence-corrected chi connectivity index (χ3v) is 5.20. The molecule has 3 aromatic heterocycles. The maximum absolute atomic E-state index is 11.5. The lowest BCUT2D eigenvalue weighted by Crippen LogP contribution is -2.30. The Morgan fingerprint density at radius 3 is 3.04 bits per heavy atom. The Morgan fingerprint density at radius 1 is 1.46 bits per heavy atom. The Kier molecular flexibility index (Phi) is 3.14. The van der Waals surface area contributed by atoms with Crippen molar-refractivity contribution in [2.75, 3.05) is 17.2 Å². The fourth-order valence-electron chi connectivity index (χ4n) is 3.08. The van der Waals surface area contributed by atoms with Crippen LogP contribution in [0.3, 0.4) is 0 Å². The van der Waals surface area contributed by atoms with Gasteiger partial charge in [-0.1, -0.05) is 6.07 Å². The molecule has 0 fully saturated rings. The van der Waals surface area contributed by atoms with Crippen LogP contribution in [0.5, 0.6) is 0 Å². The van der Waals surface area contributed by atoms with E-state index in [1.807, 2.05) is 4.90 Å². The molecular formula is C15H12N6O2S. The summed E-state index contributed by atoms with van der Waals surface area (Å²) in [5, 5.41) is 21.3. The topological polar surface area (TPSA) is 113 Å². The summed E-state index contributed by atoms with van der Waals surface area (Å²) in [6.45, 7) is 1.03. The molecule has 0 aliphatic carbocycles. The normalized spacial score (nSPS) is 13.7. The van der Waals surface area contributed by atoms with Gasteiger partial charge in [0.1, 0.15) is 11.1 Å². The van der Waals surface area contributed by atoms with Crippen molar-refractivity contribution in [1.29, 1.82) is 5.26 Å². The molecule has 0 atom stereocenters. The van der Waals surface area contributed by atoms with Crippen molar-refractivity contribution in [3.8, 4) is 6.07 Å². The number of imidazole rings is 1. The SMILES string of the molecule is N#Cc1c(N)sc2c1CCN(c1nc3ccccn3c1[N+](=O)[O-])C2. The minimum Gasteiger partial charge on any atom is -0.389 e. The Balaban J connectivity index is 1.80. The summed E-state index contributed by atoms with van der Waals surface area (Å²) in [7, 11) is 0. The number of nitrogen functional groups attached to an aromatic ring is 1. The van der Waals surface area contributed by atoms with Gasteiger partial charge >= 0.3 is 5.82 Å². The number of rotatable bonds is 2. The molecule has 120 valence electrons. The zero-order valence-corrected chi connectivity index (χ0v) is 13.3. The summed E-state index contributed by atoms with van der Waals surface area (Å²) >= 11 is 1.37. The summed E-state index contributed by atoms with van der Waals surface area (Å²) in [6.07, 6.45) is 2.26. The Morgan fingerprint density at radius 2 is 2.29 bits per heavy atom. The van der Waals surface area contributed by atoms with E-state index in [0.29, 0.717) is 41.5 Å². The van der Waals surface area contributed by atoms with E-state index in [1.54, 1.807) is 24.4 Å². The van der Waals surface area contributed by atoms with Crippen molar-refractivity contribution < 1.29 is 4.92 Å². The first-order valence-corrected chi connectivity index (χ1v) is 8.08. The predicted molar refractivity (Wildman–Crippen MR) is 90.0 cm³/mol. The highest BCUT2D eigenvalue weighted by Gasteiger charge is 2.31. The maximum Gasteiger partial charge on any atom is 0.372 e. The number of nitro groups is 1. The second-order valence-electron chi connectivity index (χ2n) is 5.47. The van der Waals surface area contributed by atoms with Gasteiger partial charge in [0.05, 0.1) is 18.3 Å². The summed E-state index contributed by atoms with van der Waals surface area (Å²) in [5.74, 6) is 0.307. The van der Waals surface area contributed by atoms with Gasteiger partial charge in [0.25, 0.3) is 0 Å². The van der Waals surface area contributed by atoms with Gasteiger partial charge in [-0.3, -0.25) is 0 Å². The third kappa shape index (κ3) is 2.00. The molecule has 0 saturated carbocycles. The highest BCUT2D eigenvalue weighted by molar-refractivity contribution is 7.16. The largest absolute Gasteiger partial charge is 0.389 e. The van der Waals surface area contributed by atoms with E-state index in [0.717, 1.165) is 10.4 Å². The zero-order valence-electron chi connectivity index (χ0n) is 12.5. The number of nitrogens with zero attached hydrogens (tertiary/aromatic N) is 5. The van der Waals surface area contributed by atoms with Gasteiger partial charge in [-0.2, -0.15) is 14.6 Å². The molecule has 0 saturated heterocycles. The highest BCUT2D eigenvalue weighted by Crippen LogP contribution is 2.38. The molecular weight excluding hydrogens is 328 g/mol. The summed E-state index contributed by atoms with van der Waals surface area (Å²) in [4.78, 5) is 18.4. The highest BCUT2D eigenvalue weighted by atomic mass is 32.1. The molecule has 24 heavy (non-hydrogen) atoms. The van der Waals surface area contributed by atoms with Crippen LogP contribution in [0.25, 0.3) is 5.65 Å². The van der Waals surface area contributed by atoms with Crippen LogP contribution in [0.1, 0.15) is 16.0 Å². The standard InChI is InChI=1S/C15H12N6O2S/c16-7-10-9-4-6-19(8-11(9)24-13(10)17)14-15(21(22)23)20-5-2-1-3-12(20)18-14/h1-3,5H,4,6,8,17H2. The van der Waals surface area contributed by atoms with Crippen molar-refractivity contribution >= 4 is 33.6 Å². The number of hydrogen-bond donors (Lipinski definition) is 1. The smallest absolute Gasteiger partial charge is 0.372 e. The number of thiophene rings is 1. The van der Waals surface area contributed by atoms with E-state index >= 15 is 0 Å². The minimum atomic E-state index is -0.408. The van der Waals surface area contributed by atoms with E-state index < -0.39 is 4.92 Å². The summed E-state index contributed by atoms with van der Waals surface area (Å²) < 4.78 is 1.48. The second kappa shape index (κ2) is 5.21. The fraction of sp³-hybridized carbons (Fsp3) is 0.200. The molecule has 1 aliphatic heterocycles. The molecule has 8 nitrogen and oxygen atoms in total. The fourth-order valence-corrected chi connectivity index (χ4v) is 4.16. The van der Waals surface area contributed by atoms with E-state index in [2.05, 4.69) is 11.1 Å². The van der Waals surface area contributed by atoms with Crippen molar-refractivity contribution in [2.45, 2.75) is 13.0 Å². The molecule has 0 unspecified atom stereocenters. The molecule has 0 aromatic carbocycles. The number of pyridine rings is 1. The van der Waals surface area contributed by atoms with Crippen LogP contribution in [0.15, 0.2) is 24.4 Å². The zero-order chi connectivity index (χ0) is 16.8. The molecule has 0 amide bonds. The molecule has 2 N–H and O–H groups in total. The molecule has 1 aliphatic rings. The first-order valence-electron chi connectivity index (χ1n) is 7.26. The number of fused-ring (bicyclic) bond motifs is 2. The molecule has 0 radical (unpaired) electrons. The lowest BCUT2D eigenvalue weighted by molar-refractivity contribution is -0.389. The van der Waals surface area contributed by atoms with Crippen LogP contribution < -0.4 is 10.6 Å². The molecule has 3 aromatic rings. The number of aromatic nitrogens is 2. The monoisotopic (exact) mass is 340 g/mol. The second-order valence-corrected chi connectivity index (χ2v) is 6.61. The molecule has 0 spiro atoms. The van der Waals surface area contributed by atoms with Crippen LogP contribution in [0.2, 0.25) is 0 Å². The van der Waals surface area contributed by atoms with Crippen molar-refractivity contribution in [3.63, 3.8) is 0 Å². The quantitative estimate of drug-likeness (QED) is 0.566. The number of hydrogen-bond acceptors (Lipinski definition) is 7. The number of nitrogens with two attached hydrogens (primary N) is 1. The van der Waals surface area contributed by atoms with Gasteiger partial charge in [0.2, 0.25) is 11.5 Å². The van der Waals surface area contributed by atoms with Crippen LogP contribution >= 0.6 is 11.3 Å². The minimum absolute atomic E-state index is 0.0425. The van der Waals surface area contributed by atoms with Crippen LogP contribution in [-0.4, -0.2) is 20.9 Å². The maximum atomic E-state index is 11.5. The van der Waals surface area contributed by atoms with E-state index in [9.17, 15) is 15.4 Å². The third-order valence-electron chi connectivity index (χ3n) is 4.16. The lowest BCUT2D eigenvalue weighted by atomic mass is 10.0. The van der Waals surface area contributed by atoms with Gasteiger partial charge in [0, 0.05) is 17.5 Å². The van der Waals surface area contributed by atoms with Gasteiger partial charge in [0.15, 0.2) is 0 Å². The van der Waals surface area contributed by atoms with Crippen LogP contribution in [0.4, 0.5) is 16.6 Å². The van der Waals surface area contributed by atoms with E-state index in [4.69, 9.17) is 5.73 Å². The molecule has 4 heterocycles. The Bertz CT molecular complexity index is 1020. The van der Waals surface area contributed by atoms with Gasteiger partial charge in [-0.15, -0.1) is 11.3 Å². The van der Waals surface area contributed by atoms with Gasteiger partial charge < -0.3 is 20.7 Å². The Labute approximate surface area is 140 Å². The van der Waals surface area contributed by atoms with Gasteiger partial charge in [-0.25, -0.2) is 0 Å². The van der Waals surface area contributed by atoms with Crippen molar-refractivity contribution in [1.82, 2.24) is 9.38 Å². The van der Waals surface area contributed by atoms with Crippen LogP contribution in [0, 0.1) is 21.4 Å². The summed E-state index contributed by atoms with van der Waals surface area (Å²) in [5.41, 5.74) is 7.94. The first kappa shape index (κ1) is 14.5. The van der Waals surface area contributed by atoms with Crippen molar-refractivity contribution in [3.05, 3.63) is 50.5 Å². The first-order chi connectivity index (χ1) is 11.6. The van der Waals surface area contributed by atoms with Gasteiger partial charge in [-0.05, 0) is 23.0 Å². The summed E-state index contributed by atoms with van der Waals surface area (Å²) in [6, 6.07) is 7.42. The van der Waals surface area contributed by atoms with Crippen molar-refractivity contribution in [2.24, 2.45) is 0 Å². The van der Waals surface area contributed by atoms with E-state index in [-0.39, 0.29) is 5.82 Å². The lowest BCUT2D eigenvalue weighted by Gasteiger charge is -2.26. The number of nitriles is 1. The Hall–Kier alpha value is -3.12. The molecule has 0 bridgehead atoms. The number of anilines is 2. The average Bonchev–Trinajstić information content (AvgIpc) is 3.10. The predicted octanol–water partition coefficient (Wildman–Crippen LogP) is 2.32. The average molecular weight is 340 g/mol.